The van der Waals surface area contributed by atoms with Gasteiger partial charge in [-0.05, 0) is 56.7 Å². The van der Waals surface area contributed by atoms with E-state index in [1.165, 1.54) is 16.8 Å². The van der Waals surface area contributed by atoms with Crippen LogP contribution in [0.15, 0.2) is 71.3 Å². The van der Waals surface area contributed by atoms with Crippen LogP contribution in [0.3, 0.4) is 0 Å². The highest BCUT2D eigenvalue weighted by Gasteiger charge is 2.28. The molecule has 1 fully saturated rings. The highest BCUT2D eigenvalue weighted by Crippen LogP contribution is 2.30. The van der Waals surface area contributed by atoms with Crippen molar-refractivity contribution in [2.45, 2.75) is 26.8 Å². The molecule has 1 aliphatic heterocycles. The zero-order valence-electron chi connectivity index (χ0n) is 18.7. The first-order chi connectivity index (χ1) is 15.5. The van der Waals surface area contributed by atoms with Gasteiger partial charge in [0.15, 0.2) is 5.76 Å². The number of carbonyl (C=O) groups is 1. The molecule has 0 spiro atoms. The van der Waals surface area contributed by atoms with Crippen molar-refractivity contribution >= 4 is 22.5 Å². The number of benzene rings is 3. The number of hydrogen-bond acceptors (Lipinski definition) is 4. The lowest BCUT2D eigenvalue weighted by molar-refractivity contribution is 0.0726. The van der Waals surface area contributed by atoms with Gasteiger partial charge < -0.3 is 14.3 Å². The van der Waals surface area contributed by atoms with E-state index in [9.17, 15) is 4.79 Å². The van der Waals surface area contributed by atoms with E-state index < -0.39 is 0 Å². The molecule has 0 bridgehead atoms. The first kappa shape index (κ1) is 20.3. The third kappa shape index (κ3) is 3.75. The molecule has 5 nitrogen and oxygen atoms in total. The summed E-state index contributed by atoms with van der Waals surface area (Å²) in [5.74, 6) is 0.756. The number of nitrogens with zero attached hydrogens (tertiary/aromatic N) is 3. The van der Waals surface area contributed by atoms with Gasteiger partial charge in [-0.3, -0.25) is 4.79 Å². The molecule has 0 saturated carbocycles. The standard InChI is InChI=1S/C27H27N3O2/c1-18-7-9-21(10-8-18)26-24-16-22(11-12-25(24)28-32-26)27(31)29-13-14-30(20(3)17-29)23-6-4-5-19(2)15-23/h4-12,15-16,20H,13-14,17H2,1-3H3/t20-/m0/s1. The Kier molecular flexibility index (Phi) is 5.17. The number of amides is 1. The van der Waals surface area contributed by atoms with Crippen molar-refractivity contribution in [3.8, 4) is 11.3 Å². The maximum absolute atomic E-state index is 13.4. The summed E-state index contributed by atoms with van der Waals surface area (Å²) in [6, 6.07) is 22.6. The van der Waals surface area contributed by atoms with E-state index in [1.807, 2.05) is 47.4 Å². The van der Waals surface area contributed by atoms with Gasteiger partial charge in [0.05, 0.1) is 5.39 Å². The Labute approximate surface area is 188 Å². The number of hydrogen-bond donors (Lipinski definition) is 0. The average molecular weight is 426 g/mol. The predicted molar refractivity (Wildman–Crippen MR) is 128 cm³/mol. The predicted octanol–water partition coefficient (Wildman–Crippen LogP) is 5.46. The Morgan fingerprint density at radius 1 is 0.969 bits per heavy atom. The summed E-state index contributed by atoms with van der Waals surface area (Å²) >= 11 is 0. The van der Waals surface area contributed by atoms with Gasteiger partial charge in [-0.1, -0.05) is 47.1 Å². The minimum absolute atomic E-state index is 0.0544. The van der Waals surface area contributed by atoms with Crippen molar-refractivity contribution in [1.82, 2.24) is 10.1 Å². The van der Waals surface area contributed by atoms with Gasteiger partial charge in [0.25, 0.3) is 5.91 Å². The van der Waals surface area contributed by atoms with E-state index >= 15 is 0 Å². The summed E-state index contributed by atoms with van der Waals surface area (Å²) in [5, 5.41) is 5.05. The van der Waals surface area contributed by atoms with Gasteiger partial charge in [0, 0.05) is 42.5 Å². The molecule has 1 aliphatic rings. The molecule has 1 aromatic heterocycles. The van der Waals surface area contributed by atoms with Crippen molar-refractivity contribution in [2.75, 3.05) is 24.5 Å². The number of rotatable bonds is 3. The van der Waals surface area contributed by atoms with Crippen molar-refractivity contribution in [1.29, 1.82) is 0 Å². The molecule has 1 atom stereocenters. The van der Waals surface area contributed by atoms with Crippen LogP contribution in [0.5, 0.6) is 0 Å². The summed E-state index contributed by atoms with van der Waals surface area (Å²) in [6.07, 6.45) is 0. The number of carbonyl (C=O) groups excluding carboxylic acids is 1. The molecular formula is C27H27N3O2. The Bertz CT molecular complexity index is 1280. The van der Waals surface area contributed by atoms with E-state index in [-0.39, 0.29) is 11.9 Å². The second-order valence-electron chi connectivity index (χ2n) is 8.74. The van der Waals surface area contributed by atoms with Gasteiger partial charge >= 0.3 is 0 Å². The van der Waals surface area contributed by atoms with Crippen LogP contribution >= 0.6 is 0 Å². The van der Waals surface area contributed by atoms with E-state index in [1.54, 1.807) is 0 Å². The van der Waals surface area contributed by atoms with E-state index in [0.717, 1.165) is 23.0 Å². The maximum atomic E-state index is 13.4. The van der Waals surface area contributed by atoms with Crippen LogP contribution in [-0.4, -0.2) is 41.6 Å². The normalized spacial score (nSPS) is 16.5. The monoisotopic (exact) mass is 425 g/mol. The zero-order chi connectivity index (χ0) is 22.2. The summed E-state index contributed by atoms with van der Waals surface area (Å²) in [5.41, 5.74) is 6.05. The zero-order valence-corrected chi connectivity index (χ0v) is 18.7. The quantitative estimate of drug-likeness (QED) is 0.437. The Morgan fingerprint density at radius 3 is 2.53 bits per heavy atom. The van der Waals surface area contributed by atoms with E-state index in [4.69, 9.17) is 4.52 Å². The van der Waals surface area contributed by atoms with Crippen molar-refractivity contribution in [3.05, 3.63) is 83.4 Å². The molecule has 162 valence electrons. The van der Waals surface area contributed by atoms with Crippen LogP contribution in [0, 0.1) is 13.8 Å². The number of piperazine rings is 1. The molecule has 0 aliphatic carbocycles. The molecule has 2 heterocycles. The number of anilines is 1. The van der Waals surface area contributed by atoms with Crippen LogP contribution in [0.2, 0.25) is 0 Å². The van der Waals surface area contributed by atoms with Gasteiger partial charge in [-0.2, -0.15) is 0 Å². The fourth-order valence-electron chi connectivity index (χ4n) is 4.50. The molecule has 0 unspecified atom stereocenters. The third-order valence-corrected chi connectivity index (χ3v) is 6.29. The van der Waals surface area contributed by atoms with Gasteiger partial charge in [-0.15, -0.1) is 0 Å². The Morgan fingerprint density at radius 2 is 1.78 bits per heavy atom. The molecule has 1 saturated heterocycles. The third-order valence-electron chi connectivity index (χ3n) is 6.29. The van der Waals surface area contributed by atoms with Crippen molar-refractivity contribution in [3.63, 3.8) is 0 Å². The van der Waals surface area contributed by atoms with Crippen LogP contribution in [0.4, 0.5) is 5.69 Å². The molecule has 3 aromatic carbocycles. The van der Waals surface area contributed by atoms with E-state index in [0.29, 0.717) is 24.4 Å². The van der Waals surface area contributed by atoms with Crippen LogP contribution in [-0.2, 0) is 0 Å². The fourth-order valence-corrected chi connectivity index (χ4v) is 4.50. The molecule has 5 heteroatoms. The van der Waals surface area contributed by atoms with Crippen LogP contribution in [0.25, 0.3) is 22.2 Å². The lowest BCUT2D eigenvalue weighted by Crippen LogP contribution is -2.53. The maximum Gasteiger partial charge on any atom is 0.254 e. The number of fused-ring (bicyclic) bond motifs is 1. The molecule has 0 radical (unpaired) electrons. The molecule has 5 rings (SSSR count). The molecule has 1 amide bonds. The second-order valence-corrected chi connectivity index (χ2v) is 8.74. The molecular weight excluding hydrogens is 398 g/mol. The highest BCUT2D eigenvalue weighted by molar-refractivity contribution is 6.01. The summed E-state index contributed by atoms with van der Waals surface area (Å²) in [6.45, 7) is 8.56. The Hall–Kier alpha value is -3.60. The second kappa shape index (κ2) is 8.15. The lowest BCUT2D eigenvalue weighted by Gasteiger charge is -2.41. The number of aryl methyl sites for hydroxylation is 2. The van der Waals surface area contributed by atoms with Gasteiger partial charge in [0.1, 0.15) is 5.52 Å². The minimum Gasteiger partial charge on any atom is -0.365 e. The largest absolute Gasteiger partial charge is 0.365 e. The fraction of sp³-hybridized carbons (Fsp3) is 0.259. The first-order valence-electron chi connectivity index (χ1n) is 11.1. The minimum atomic E-state index is 0.0544. The molecule has 4 aromatic rings. The Balaban J connectivity index is 1.38. The smallest absolute Gasteiger partial charge is 0.254 e. The highest BCUT2D eigenvalue weighted by atomic mass is 16.5. The van der Waals surface area contributed by atoms with Crippen LogP contribution < -0.4 is 4.90 Å². The number of aromatic nitrogens is 1. The summed E-state index contributed by atoms with van der Waals surface area (Å²) < 4.78 is 5.63. The average Bonchev–Trinajstić information content (AvgIpc) is 3.22. The van der Waals surface area contributed by atoms with Crippen molar-refractivity contribution < 1.29 is 9.32 Å². The lowest BCUT2D eigenvalue weighted by atomic mass is 10.0. The van der Waals surface area contributed by atoms with Crippen LogP contribution in [0.1, 0.15) is 28.4 Å². The SMILES string of the molecule is Cc1ccc(-c2onc3ccc(C(=O)N4CCN(c5cccc(C)c5)[C@@H](C)C4)cc23)cc1. The van der Waals surface area contributed by atoms with Gasteiger partial charge in [-0.25, -0.2) is 0 Å². The van der Waals surface area contributed by atoms with Gasteiger partial charge in [0.2, 0.25) is 0 Å². The first-order valence-corrected chi connectivity index (χ1v) is 11.1. The summed E-state index contributed by atoms with van der Waals surface area (Å²) in [7, 11) is 0. The topological polar surface area (TPSA) is 49.6 Å². The summed E-state index contributed by atoms with van der Waals surface area (Å²) in [4.78, 5) is 17.7. The molecule has 32 heavy (non-hydrogen) atoms. The van der Waals surface area contributed by atoms with E-state index in [2.05, 4.69) is 55.1 Å². The van der Waals surface area contributed by atoms with Crippen molar-refractivity contribution in [2.24, 2.45) is 0 Å². The molecule has 0 N–H and O–H groups in total.